The van der Waals surface area contributed by atoms with E-state index in [-0.39, 0.29) is 5.91 Å². The highest BCUT2D eigenvalue weighted by atomic mass is 79.9. The third-order valence-electron chi connectivity index (χ3n) is 2.95. The maximum Gasteiger partial charge on any atom is 0.244 e. The Bertz CT molecular complexity index is 618. The van der Waals surface area contributed by atoms with Crippen molar-refractivity contribution in [2.75, 3.05) is 6.54 Å². The van der Waals surface area contributed by atoms with E-state index >= 15 is 0 Å². The molecule has 2 aromatic rings. The van der Waals surface area contributed by atoms with E-state index in [1.807, 2.05) is 30.3 Å². The van der Waals surface area contributed by atoms with Crippen molar-refractivity contribution in [2.45, 2.75) is 13.3 Å². The molecule has 0 aliphatic heterocycles. The summed E-state index contributed by atoms with van der Waals surface area (Å²) in [6, 6.07) is 12.2. The lowest BCUT2D eigenvalue weighted by Gasteiger charge is -2.05. The van der Waals surface area contributed by atoms with Crippen LogP contribution in [0.25, 0.3) is 6.08 Å². The number of aryl methyl sites for hydroxylation is 1. The van der Waals surface area contributed by atoms with Crippen LogP contribution in [0.15, 0.2) is 46.3 Å². The molecule has 0 atom stereocenters. The van der Waals surface area contributed by atoms with Crippen molar-refractivity contribution in [1.29, 1.82) is 0 Å². The van der Waals surface area contributed by atoms with Gasteiger partial charge in [0.15, 0.2) is 0 Å². The molecule has 20 heavy (non-hydrogen) atoms. The summed E-state index contributed by atoms with van der Waals surface area (Å²) >= 11 is 5.00. The number of carbonyl (C=O) groups excluding carboxylic acids is 1. The van der Waals surface area contributed by atoms with Gasteiger partial charge in [-0.3, -0.25) is 4.79 Å². The highest BCUT2D eigenvalue weighted by Crippen LogP contribution is 2.22. The quantitative estimate of drug-likeness (QED) is 0.805. The second kappa shape index (κ2) is 7.41. The average Bonchev–Trinajstić information content (AvgIpc) is 2.84. The van der Waals surface area contributed by atoms with Gasteiger partial charge in [0.2, 0.25) is 5.91 Å². The topological polar surface area (TPSA) is 29.1 Å². The predicted molar refractivity (Wildman–Crippen MR) is 88.9 cm³/mol. The Morgan fingerprint density at radius 2 is 2.10 bits per heavy atom. The Hall–Kier alpha value is -1.39. The fourth-order valence-electron chi connectivity index (χ4n) is 1.85. The lowest BCUT2D eigenvalue weighted by atomic mass is 10.1. The standard InChI is InChI=1S/C16H16BrNOS/c1-12-4-2-3-5-13(12)10-11-18-16(19)9-7-14-6-8-15(17)20-14/h2-9H,10-11H2,1H3,(H,18,19)/b9-7+. The molecule has 1 N–H and O–H groups in total. The summed E-state index contributed by atoms with van der Waals surface area (Å²) in [5.41, 5.74) is 2.54. The molecule has 4 heteroatoms. The first-order valence-corrected chi connectivity index (χ1v) is 8.02. The van der Waals surface area contributed by atoms with Crippen molar-refractivity contribution in [3.63, 3.8) is 0 Å². The van der Waals surface area contributed by atoms with Crippen LogP contribution in [0.4, 0.5) is 0 Å². The van der Waals surface area contributed by atoms with Crippen molar-refractivity contribution in [3.05, 3.63) is 62.3 Å². The average molecular weight is 350 g/mol. The van der Waals surface area contributed by atoms with Gasteiger partial charge >= 0.3 is 0 Å². The molecule has 2 rings (SSSR count). The summed E-state index contributed by atoms with van der Waals surface area (Å²) in [7, 11) is 0. The van der Waals surface area contributed by atoms with Gasteiger partial charge in [-0.1, -0.05) is 24.3 Å². The van der Waals surface area contributed by atoms with Crippen LogP contribution in [-0.2, 0) is 11.2 Å². The third-order valence-corrected chi connectivity index (χ3v) is 4.54. The van der Waals surface area contributed by atoms with Gasteiger partial charge in [0.1, 0.15) is 0 Å². The summed E-state index contributed by atoms with van der Waals surface area (Å²) in [6.45, 7) is 2.74. The van der Waals surface area contributed by atoms with E-state index in [9.17, 15) is 4.79 Å². The van der Waals surface area contributed by atoms with Crippen LogP contribution >= 0.6 is 27.3 Å². The number of benzene rings is 1. The Morgan fingerprint density at radius 3 is 2.80 bits per heavy atom. The summed E-state index contributed by atoms with van der Waals surface area (Å²) in [5, 5.41) is 2.90. The first-order valence-electron chi connectivity index (χ1n) is 6.41. The number of amides is 1. The molecule has 0 saturated heterocycles. The monoisotopic (exact) mass is 349 g/mol. The van der Waals surface area contributed by atoms with Gasteiger partial charge in [0.25, 0.3) is 0 Å². The van der Waals surface area contributed by atoms with Crippen molar-refractivity contribution < 1.29 is 4.79 Å². The zero-order chi connectivity index (χ0) is 14.4. The highest BCUT2D eigenvalue weighted by Gasteiger charge is 1.99. The lowest BCUT2D eigenvalue weighted by Crippen LogP contribution is -2.23. The van der Waals surface area contributed by atoms with E-state index < -0.39 is 0 Å². The molecule has 0 aliphatic rings. The van der Waals surface area contributed by atoms with E-state index in [0.717, 1.165) is 15.1 Å². The molecule has 1 amide bonds. The maximum atomic E-state index is 11.7. The molecule has 1 heterocycles. The van der Waals surface area contributed by atoms with Gasteiger partial charge in [-0.2, -0.15) is 0 Å². The van der Waals surface area contributed by atoms with E-state index in [4.69, 9.17) is 0 Å². The van der Waals surface area contributed by atoms with E-state index in [0.29, 0.717) is 6.54 Å². The number of rotatable bonds is 5. The van der Waals surface area contributed by atoms with Crippen LogP contribution < -0.4 is 5.32 Å². The first kappa shape index (κ1) is 15.0. The molecular weight excluding hydrogens is 334 g/mol. The molecular formula is C16H16BrNOS. The molecule has 104 valence electrons. The molecule has 0 bridgehead atoms. The molecule has 0 spiro atoms. The van der Waals surface area contributed by atoms with Gasteiger partial charge in [0, 0.05) is 17.5 Å². The summed E-state index contributed by atoms with van der Waals surface area (Å²) in [5.74, 6) is -0.0527. The Morgan fingerprint density at radius 1 is 1.30 bits per heavy atom. The Kier molecular flexibility index (Phi) is 5.56. The van der Waals surface area contributed by atoms with E-state index in [2.05, 4.69) is 40.3 Å². The smallest absolute Gasteiger partial charge is 0.244 e. The summed E-state index contributed by atoms with van der Waals surface area (Å²) in [6.07, 6.45) is 4.27. The first-order chi connectivity index (χ1) is 9.65. The van der Waals surface area contributed by atoms with Gasteiger partial charge in [-0.25, -0.2) is 0 Å². The van der Waals surface area contributed by atoms with Crippen LogP contribution in [0.3, 0.4) is 0 Å². The van der Waals surface area contributed by atoms with Crippen LogP contribution in [0.1, 0.15) is 16.0 Å². The number of halogens is 1. The Labute approximate surface area is 131 Å². The van der Waals surface area contributed by atoms with Crippen molar-refractivity contribution >= 4 is 39.2 Å². The van der Waals surface area contributed by atoms with E-state index in [1.165, 1.54) is 11.1 Å². The fourth-order valence-corrected chi connectivity index (χ4v) is 3.17. The van der Waals surface area contributed by atoms with Crippen molar-refractivity contribution in [3.8, 4) is 0 Å². The van der Waals surface area contributed by atoms with Crippen molar-refractivity contribution in [1.82, 2.24) is 5.32 Å². The molecule has 2 nitrogen and oxygen atoms in total. The highest BCUT2D eigenvalue weighted by molar-refractivity contribution is 9.11. The number of thiophene rings is 1. The second-order valence-corrected chi connectivity index (χ2v) is 6.94. The molecule has 0 radical (unpaired) electrons. The molecule has 1 aromatic heterocycles. The van der Waals surface area contributed by atoms with Gasteiger partial charge < -0.3 is 5.32 Å². The molecule has 0 saturated carbocycles. The number of hydrogen-bond donors (Lipinski definition) is 1. The predicted octanol–water partition coefficient (Wildman–Crippen LogP) is 4.19. The van der Waals surface area contributed by atoms with Gasteiger partial charge in [0.05, 0.1) is 3.79 Å². The molecule has 0 aliphatic carbocycles. The Balaban J connectivity index is 1.78. The minimum atomic E-state index is -0.0527. The van der Waals surface area contributed by atoms with Crippen LogP contribution in [0.2, 0.25) is 0 Å². The summed E-state index contributed by atoms with van der Waals surface area (Å²) < 4.78 is 1.07. The van der Waals surface area contributed by atoms with E-state index in [1.54, 1.807) is 17.4 Å². The van der Waals surface area contributed by atoms with Crippen molar-refractivity contribution in [2.24, 2.45) is 0 Å². The van der Waals surface area contributed by atoms with Gasteiger partial charge in [-0.05, 0) is 58.6 Å². The van der Waals surface area contributed by atoms with Crippen LogP contribution in [-0.4, -0.2) is 12.5 Å². The normalized spacial score (nSPS) is 10.9. The third kappa shape index (κ3) is 4.62. The molecule has 0 fully saturated rings. The minimum absolute atomic E-state index is 0.0527. The largest absolute Gasteiger partial charge is 0.352 e. The maximum absolute atomic E-state index is 11.7. The number of carbonyl (C=O) groups is 1. The number of nitrogens with one attached hydrogen (secondary N) is 1. The molecule has 0 unspecified atom stereocenters. The SMILES string of the molecule is Cc1ccccc1CCNC(=O)/C=C/c1ccc(Br)s1. The van der Waals surface area contributed by atoms with Gasteiger partial charge in [-0.15, -0.1) is 11.3 Å². The molecule has 1 aromatic carbocycles. The van der Waals surface area contributed by atoms with Crippen LogP contribution in [0, 0.1) is 6.92 Å². The fraction of sp³-hybridized carbons (Fsp3) is 0.188. The zero-order valence-corrected chi connectivity index (χ0v) is 13.6. The lowest BCUT2D eigenvalue weighted by molar-refractivity contribution is -0.116. The number of hydrogen-bond acceptors (Lipinski definition) is 2. The zero-order valence-electron chi connectivity index (χ0n) is 11.2. The summed E-state index contributed by atoms with van der Waals surface area (Å²) in [4.78, 5) is 12.8. The minimum Gasteiger partial charge on any atom is -0.352 e. The second-order valence-electron chi connectivity index (χ2n) is 4.44. The van der Waals surface area contributed by atoms with Crippen LogP contribution in [0.5, 0.6) is 0 Å².